The SMILES string of the molecule is COC(CN=C(N)NCC1CCC1)c1ccc(F)cc1. The van der Waals surface area contributed by atoms with E-state index in [-0.39, 0.29) is 11.9 Å². The first kappa shape index (κ1) is 14.8. The van der Waals surface area contributed by atoms with Gasteiger partial charge in [-0.25, -0.2) is 4.39 Å². The van der Waals surface area contributed by atoms with Crippen LogP contribution >= 0.6 is 0 Å². The van der Waals surface area contributed by atoms with E-state index < -0.39 is 0 Å². The van der Waals surface area contributed by atoms with Crippen LogP contribution in [0.25, 0.3) is 0 Å². The predicted molar refractivity (Wildman–Crippen MR) is 78.0 cm³/mol. The highest BCUT2D eigenvalue weighted by atomic mass is 19.1. The van der Waals surface area contributed by atoms with Crippen molar-refractivity contribution in [3.05, 3.63) is 35.6 Å². The molecule has 110 valence electrons. The average Bonchev–Trinajstić information content (AvgIpc) is 2.39. The van der Waals surface area contributed by atoms with E-state index in [0.717, 1.165) is 18.0 Å². The first-order chi connectivity index (χ1) is 9.69. The highest BCUT2D eigenvalue weighted by Gasteiger charge is 2.17. The maximum Gasteiger partial charge on any atom is 0.188 e. The third-order valence-electron chi connectivity index (χ3n) is 3.75. The number of guanidine groups is 1. The maximum absolute atomic E-state index is 12.9. The van der Waals surface area contributed by atoms with Crippen molar-refractivity contribution < 1.29 is 9.13 Å². The van der Waals surface area contributed by atoms with E-state index in [1.165, 1.54) is 31.4 Å². The van der Waals surface area contributed by atoms with Gasteiger partial charge in [-0.1, -0.05) is 18.6 Å². The number of ether oxygens (including phenoxy) is 1. The molecule has 1 fully saturated rings. The van der Waals surface area contributed by atoms with Gasteiger partial charge in [0, 0.05) is 13.7 Å². The molecule has 1 saturated carbocycles. The van der Waals surface area contributed by atoms with E-state index in [0.29, 0.717) is 12.5 Å². The van der Waals surface area contributed by atoms with Crippen LogP contribution in [0.3, 0.4) is 0 Å². The van der Waals surface area contributed by atoms with Gasteiger partial charge in [-0.05, 0) is 36.5 Å². The van der Waals surface area contributed by atoms with Crippen LogP contribution in [0.2, 0.25) is 0 Å². The summed E-state index contributed by atoms with van der Waals surface area (Å²) in [6.45, 7) is 1.31. The topological polar surface area (TPSA) is 59.6 Å². The number of methoxy groups -OCH3 is 1. The molecule has 0 aliphatic heterocycles. The van der Waals surface area contributed by atoms with E-state index >= 15 is 0 Å². The molecule has 0 heterocycles. The summed E-state index contributed by atoms with van der Waals surface area (Å²) in [4.78, 5) is 4.29. The zero-order valence-electron chi connectivity index (χ0n) is 11.8. The zero-order chi connectivity index (χ0) is 14.4. The fourth-order valence-electron chi connectivity index (χ4n) is 2.18. The molecule has 2 rings (SSSR count). The van der Waals surface area contributed by atoms with Crippen LogP contribution in [0.5, 0.6) is 0 Å². The highest BCUT2D eigenvalue weighted by Crippen LogP contribution is 2.25. The molecule has 0 aromatic heterocycles. The van der Waals surface area contributed by atoms with Gasteiger partial charge in [-0.15, -0.1) is 0 Å². The molecule has 5 heteroatoms. The number of hydrogen-bond acceptors (Lipinski definition) is 2. The lowest BCUT2D eigenvalue weighted by molar-refractivity contribution is 0.111. The van der Waals surface area contributed by atoms with Crippen molar-refractivity contribution in [2.75, 3.05) is 20.2 Å². The third-order valence-corrected chi connectivity index (χ3v) is 3.75. The minimum Gasteiger partial charge on any atom is -0.375 e. The van der Waals surface area contributed by atoms with E-state index in [1.54, 1.807) is 19.2 Å². The summed E-state index contributed by atoms with van der Waals surface area (Å²) in [5.74, 6) is 0.925. The Morgan fingerprint density at radius 1 is 1.45 bits per heavy atom. The third kappa shape index (κ3) is 4.20. The van der Waals surface area contributed by atoms with Crippen LogP contribution in [0, 0.1) is 11.7 Å². The average molecular weight is 279 g/mol. The van der Waals surface area contributed by atoms with Gasteiger partial charge in [-0.3, -0.25) is 4.99 Å². The number of rotatable bonds is 6. The van der Waals surface area contributed by atoms with Gasteiger partial charge in [0.25, 0.3) is 0 Å². The zero-order valence-corrected chi connectivity index (χ0v) is 11.8. The normalized spacial score (nSPS) is 17.6. The maximum atomic E-state index is 12.9. The lowest BCUT2D eigenvalue weighted by Crippen LogP contribution is -2.37. The van der Waals surface area contributed by atoms with Gasteiger partial charge < -0.3 is 15.8 Å². The van der Waals surface area contributed by atoms with Gasteiger partial charge in [0.1, 0.15) is 11.9 Å². The van der Waals surface area contributed by atoms with Gasteiger partial charge in [-0.2, -0.15) is 0 Å². The van der Waals surface area contributed by atoms with Gasteiger partial charge >= 0.3 is 0 Å². The molecule has 0 spiro atoms. The molecule has 20 heavy (non-hydrogen) atoms. The first-order valence-electron chi connectivity index (χ1n) is 7.01. The molecule has 1 atom stereocenters. The summed E-state index contributed by atoms with van der Waals surface area (Å²) in [5, 5.41) is 3.14. The van der Waals surface area contributed by atoms with Crippen molar-refractivity contribution in [2.45, 2.75) is 25.4 Å². The van der Waals surface area contributed by atoms with Crippen molar-refractivity contribution in [3.63, 3.8) is 0 Å². The Kier molecular flexibility index (Phi) is 5.35. The molecule has 1 aliphatic rings. The fourth-order valence-corrected chi connectivity index (χ4v) is 2.18. The number of halogens is 1. The summed E-state index contributed by atoms with van der Waals surface area (Å²) in [5.41, 5.74) is 6.72. The van der Waals surface area contributed by atoms with E-state index in [2.05, 4.69) is 10.3 Å². The lowest BCUT2D eigenvalue weighted by Gasteiger charge is -2.25. The Morgan fingerprint density at radius 2 is 2.15 bits per heavy atom. The van der Waals surface area contributed by atoms with Crippen LogP contribution in [-0.4, -0.2) is 26.2 Å². The number of nitrogens with two attached hydrogens (primary N) is 1. The number of hydrogen-bond donors (Lipinski definition) is 2. The van der Waals surface area contributed by atoms with Gasteiger partial charge in [0.15, 0.2) is 5.96 Å². The van der Waals surface area contributed by atoms with Crippen molar-refractivity contribution in [1.29, 1.82) is 0 Å². The van der Waals surface area contributed by atoms with E-state index in [1.807, 2.05) is 0 Å². The summed E-state index contributed by atoms with van der Waals surface area (Å²) in [6.07, 6.45) is 3.66. The fraction of sp³-hybridized carbons (Fsp3) is 0.533. The minimum absolute atomic E-state index is 0.209. The molecule has 1 aromatic carbocycles. The molecule has 1 unspecified atom stereocenters. The Balaban J connectivity index is 1.83. The quantitative estimate of drug-likeness (QED) is 0.620. The Hall–Kier alpha value is -1.62. The van der Waals surface area contributed by atoms with Crippen molar-refractivity contribution in [1.82, 2.24) is 5.32 Å². The lowest BCUT2D eigenvalue weighted by atomic mass is 9.85. The molecule has 0 saturated heterocycles. The molecule has 0 radical (unpaired) electrons. The smallest absolute Gasteiger partial charge is 0.188 e. The van der Waals surface area contributed by atoms with Crippen molar-refractivity contribution >= 4 is 5.96 Å². The second kappa shape index (κ2) is 7.24. The summed E-state index contributed by atoms with van der Waals surface area (Å²) >= 11 is 0. The Bertz CT molecular complexity index is 443. The molecule has 0 amide bonds. The monoisotopic (exact) mass is 279 g/mol. The summed E-state index contributed by atoms with van der Waals surface area (Å²) < 4.78 is 18.3. The summed E-state index contributed by atoms with van der Waals surface area (Å²) in [7, 11) is 1.61. The van der Waals surface area contributed by atoms with E-state index in [4.69, 9.17) is 10.5 Å². The molecule has 0 bridgehead atoms. The molecule has 1 aliphatic carbocycles. The minimum atomic E-state index is -0.256. The number of nitrogens with one attached hydrogen (secondary N) is 1. The standard InChI is InChI=1S/C15H22FN3O/c1-20-14(12-5-7-13(16)8-6-12)10-19-15(17)18-9-11-3-2-4-11/h5-8,11,14H,2-4,9-10H2,1H3,(H3,17,18,19). The van der Waals surface area contributed by atoms with E-state index in [9.17, 15) is 4.39 Å². The Morgan fingerprint density at radius 3 is 2.70 bits per heavy atom. The first-order valence-corrected chi connectivity index (χ1v) is 7.01. The number of benzene rings is 1. The van der Waals surface area contributed by atoms with Gasteiger partial charge in [0.05, 0.1) is 6.54 Å². The summed E-state index contributed by atoms with van der Waals surface area (Å²) in [6, 6.07) is 6.25. The Labute approximate surface area is 119 Å². The van der Waals surface area contributed by atoms with Crippen LogP contribution in [0.15, 0.2) is 29.3 Å². The highest BCUT2D eigenvalue weighted by molar-refractivity contribution is 5.77. The molecule has 3 N–H and O–H groups in total. The number of nitrogens with zero attached hydrogens (tertiary/aromatic N) is 1. The predicted octanol–water partition coefficient (Wildman–Crippen LogP) is 2.22. The second-order valence-corrected chi connectivity index (χ2v) is 5.18. The van der Waals surface area contributed by atoms with Crippen LogP contribution in [0.1, 0.15) is 30.9 Å². The second-order valence-electron chi connectivity index (χ2n) is 5.18. The largest absolute Gasteiger partial charge is 0.375 e. The molecular weight excluding hydrogens is 257 g/mol. The molecule has 4 nitrogen and oxygen atoms in total. The van der Waals surface area contributed by atoms with Crippen LogP contribution < -0.4 is 11.1 Å². The molecular formula is C15H22FN3O. The van der Waals surface area contributed by atoms with Gasteiger partial charge in [0.2, 0.25) is 0 Å². The van der Waals surface area contributed by atoms with Crippen molar-refractivity contribution in [3.8, 4) is 0 Å². The molecule has 1 aromatic rings. The number of aliphatic imine (C=N–C) groups is 1. The van der Waals surface area contributed by atoms with Crippen LogP contribution in [0.4, 0.5) is 4.39 Å². The van der Waals surface area contributed by atoms with Crippen LogP contribution in [-0.2, 0) is 4.74 Å². The van der Waals surface area contributed by atoms with Crippen molar-refractivity contribution in [2.24, 2.45) is 16.6 Å².